The molecule has 49 heavy (non-hydrogen) atoms. The minimum atomic E-state index is -4.96. The Hall–Kier alpha value is -3.95. The van der Waals surface area contributed by atoms with Crippen LogP contribution in [0.1, 0.15) is 70.4 Å². The third-order valence-electron chi connectivity index (χ3n) is 9.89. The van der Waals surface area contributed by atoms with Gasteiger partial charge in [0, 0.05) is 51.3 Å². The maximum Gasteiger partial charge on any atom is 0.418 e. The Morgan fingerprint density at radius 2 is 2.00 bits per heavy atom. The van der Waals surface area contributed by atoms with Crippen molar-refractivity contribution in [1.29, 1.82) is 0 Å². The van der Waals surface area contributed by atoms with Crippen LogP contribution >= 0.6 is 11.6 Å². The van der Waals surface area contributed by atoms with E-state index < -0.39 is 39.9 Å². The van der Waals surface area contributed by atoms with Crippen LogP contribution in [0.15, 0.2) is 24.3 Å². The molecule has 0 spiro atoms. The Morgan fingerprint density at radius 1 is 1.20 bits per heavy atom. The summed E-state index contributed by atoms with van der Waals surface area (Å²) < 4.78 is 72.3. The molecule has 2 saturated heterocycles. The largest absolute Gasteiger partial charge is 0.461 e. The van der Waals surface area contributed by atoms with Gasteiger partial charge in [-0.25, -0.2) is 4.39 Å². The molecule has 0 aliphatic carbocycles. The number of alkyl halides is 3. The number of nitrogen functional groups attached to an aromatic ring is 1. The van der Waals surface area contributed by atoms with Gasteiger partial charge in [-0.1, -0.05) is 23.8 Å². The molecule has 0 unspecified atom stereocenters. The zero-order chi connectivity index (χ0) is 34.8. The van der Waals surface area contributed by atoms with E-state index in [1.807, 2.05) is 4.90 Å². The van der Waals surface area contributed by atoms with E-state index in [4.69, 9.17) is 36.8 Å². The summed E-state index contributed by atoms with van der Waals surface area (Å²) >= 11 is 6.00. The number of aromatic nitrogens is 4. The minimum Gasteiger partial charge on any atom is -0.461 e. The lowest BCUT2D eigenvalue weighted by molar-refractivity contribution is -0.140. The highest BCUT2D eigenvalue weighted by Crippen LogP contribution is 2.46. The van der Waals surface area contributed by atoms with Crippen molar-refractivity contribution in [2.75, 3.05) is 51.0 Å². The average molecular weight is 705 g/mol. The van der Waals surface area contributed by atoms with Gasteiger partial charge in [0.25, 0.3) is 5.91 Å². The lowest BCUT2D eigenvalue weighted by Gasteiger charge is -2.33. The number of anilines is 2. The van der Waals surface area contributed by atoms with E-state index in [9.17, 15) is 18.0 Å². The maximum atomic E-state index is 15.4. The van der Waals surface area contributed by atoms with Crippen molar-refractivity contribution < 1.29 is 31.8 Å². The van der Waals surface area contributed by atoms with E-state index in [-0.39, 0.29) is 30.5 Å². The Morgan fingerprint density at radius 3 is 2.76 bits per heavy atom. The molecule has 3 aromatic rings. The zero-order valence-corrected chi connectivity index (χ0v) is 28.0. The molecule has 262 valence electrons. The van der Waals surface area contributed by atoms with Crippen molar-refractivity contribution in [3.05, 3.63) is 68.9 Å². The van der Waals surface area contributed by atoms with Crippen LogP contribution in [0, 0.1) is 5.82 Å². The van der Waals surface area contributed by atoms with Gasteiger partial charge in [0.05, 0.1) is 52.5 Å². The topological polar surface area (TPSA) is 115 Å². The number of carbonyl (C=O) groups excluding carboxylic acids is 1. The third-order valence-corrected chi connectivity index (χ3v) is 10.2. The lowest BCUT2D eigenvalue weighted by atomic mass is 9.93. The first-order valence-electron chi connectivity index (χ1n) is 16.2. The van der Waals surface area contributed by atoms with Gasteiger partial charge in [0.2, 0.25) is 0 Å². The molecule has 2 fully saturated rings. The van der Waals surface area contributed by atoms with Crippen LogP contribution in [0.4, 0.5) is 29.1 Å². The summed E-state index contributed by atoms with van der Waals surface area (Å²) in [5.41, 5.74) is 6.10. The molecule has 1 aromatic carbocycles. The SMILES string of the molecule is C=C1CN2CCC[C@@]2(COc2nc3c(c(N4CCCn5nc(C(=O)N(C)C)cc5C4)n2)CO[C@@H](c2c(F)c(N)cc(Cl)c2C(F)(F)F)C3)C1. The van der Waals surface area contributed by atoms with Crippen LogP contribution in [0.5, 0.6) is 6.01 Å². The smallest absolute Gasteiger partial charge is 0.418 e. The van der Waals surface area contributed by atoms with Crippen molar-refractivity contribution in [3.8, 4) is 6.01 Å². The van der Waals surface area contributed by atoms with Gasteiger partial charge in [0.1, 0.15) is 12.4 Å². The fourth-order valence-electron chi connectivity index (χ4n) is 7.62. The van der Waals surface area contributed by atoms with Gasteiger partial charge in [-0.15, -0.1) is 0 Å². The predicted octanol–water partition coefficient (Wildman–Crippen LogP) is 5.17. The van der Waals surface area contributed by atoms with Gasteiger partial charge in [0.15, 0.2) is 11.5 Å². The molecule has 4 aliphatic heterocycles. The van der Waals surface area contributed by atoms with E-state index in [1.165, 1.54) is 4.90 Å². The monoisotopic (exact) mass is 704 g/mol. The van der Waals surface area contributed by atoms with Crippen LogP contribution in [0.25, 0.3) is 0 Å². The number of amides is 1. The zero-order valence-electron chi connectivity index (χ0n) is 27.2. The molecule has 6 heterocycles. The molecular formula is C33H37ClF4N8O3. The van der Waals surface area contributed by atoms with Gasteiger partial charge in [-0.05, 0) is 44.4 Å². The van der Waals surface area contributed by atoms with Gasteiger partial charge in [-0.2, -0.15) is 28.2 Å². The molecule has 2 aromatic heterocycles. The number of fused-ring (bicyclic) bond motifs is 3. The second-order valence-electron chi connectivity index (χ2n) is 13.5. The normalized spacial score (nSPS) is 22.5. The average Bonchev–Trinajstić information content (AvgIpc) is 3.66. The van der Waals surface area contributed by atoms with Crippen molar-refractivity contribution in [3.63, 3.8) is 0 Å². The third kappa shape index (κ3) is 6.09. The molecule has 0 bridgehead atoms. The van der Waals surface area contributed by atoms with Crippen LogP contribution in [0.3, 0.4) is 0 Å². The van der Waals surface area contributed by atoms with Crippen LogP contribution < -0.4 is 15.4 Å². The van der Waals surface area contributed by atoms with Gasteiger partial charge >= 0.3 is 12.2 Å². The molecule has 16 heteroatoms. The number of hydrogen-bond donors (Lipinski definition) is 1. The highest BCUT2D eigenvalue weighted by Gasteiger charge is 2.47. The van der Waals surface area contributed by atoms with Crippen LogP contribution in [0.2, 0.25) is 5.02 Å². The second-order valence-corrected chi connectivity index (χ2v) is 13.9. The molecule has 7 rings (SSSR count). The number of benzene rings is 1. The Balaban J connectivity index is 1.27. The molecule has 11 nitrogen and oxygen atoms in total. The first-order valence-corrected chi connectivity index (χ1v) is 16.6. The van der Waals surface area contributed by atoms with E-state index >= 15 is 4.39 Å². The fraction of sp³-hybridized carbons (Fsp3) is 0.515. The second kappa shape index (κ2) is 12.4. The lowest BCUT2D eigenvalue weighted by Crippen LogP contribution is -2.43. The molecule has 0 radical (unpaired) electrons. The van der Waals surface area contributed by atoms with Crippen molar-refractivity contribution >= 4 is 29.0 Å². The highest BCUT2D eigenvalue weighted by atomic mass is 35.5. The predicted molar refractivity (Wildman–Crippen MR) is 173 cm³/mol. The number of rotatable bonds is 6. The van der Waals surface area contributed by atoms with Crippen molar-refractivity contribution in [2.45, 2.75) is 69.6 Å². The first kappa shape index (κ1) is 33.5. The number of halogens is 5. The molecule has 2 N–H and O–H groups in total. The highest BCUT2D eigenvalue weighted by molar-refractivity contribution is 6.31. The van der Waals surface area contributed by atoms with E-state index in [0.29, 0.717) is 55.4 Å². The summed E-state index contributed by atoms with van der Waals surface area (Å²) in [5, 5.41) is 3.81. The standard InChI is InChI=1S/C33H37ClF4N8O3/c1-18-13-32(6-4-8-45(32)14-18)17-49-31-40-23-12-25(26-27(33(36,37)38)21(34)11-22(39)28(26)35)48-16-20(23)29(41-31)44-7-5-9-46-19(15-44)10-24(42-46)30(47)43(2)3/h10-11,25H,1,4-9,12-17,39H2,2-3H3/t25-,32+/m1/s1. The number of nitrogens with two attached hydrogens (primary N) is 1. The summed E-state index contributed by atoms with van der Waals surface area (Å²) in [6.07, 6.45) is -3.13. The Labute approximate surface area is 285 Å². The van der Waals surface area contributed by atoms with E-state index in [2.05, 4.69) is 16.6 Å². The van der Waals surface area contributed by atoms with E-state index in [1.54, 1.807) is 24.8 Å². The van der Waals surface area contributed by atoms with Gasteiger partial charge in [-0.3, -0.25) is 14.4 Å². The van der Waals surface area contributed by atoms with Crippen molar-refractivity contribution in [2.24, 2.45) is 0 Å². The number of nitrogens with zero attached hydrogens (tertiary/aromatic N) is 7. The van der Waals surface area contributed by atoms with Gasteiger partial charge < -0.3 is 25.0 Å². The van der Waals surface area contributed by atoms with Crippen LogP contribution in [-0.4, -0.2) is 81.3 Å². The number of ether oxygens (including phenoxy) is 2. The number of carbonyl (C=O) groups is 1. The summed E-state index contributed by atoms with van der Waals surface area (Å²) in [7, 11) is 3.32. The summed E-state index contributed by atoms with van der Waals surface area (Å²) in [5.74, 6) is -0.960. The minimum absolute atomic E-state index is 0.0662. The van der Waals surface area contributed by atoms with Crippen molar-refractivity contribution in [1.82, 2.24) is 29.5 Å². The van der Waals surface area contributed by atoms with E-state index in [0.717, 1.165) is 49.7 Å². The fourth-order valence-corrected chi connectivity index (χ4v) is 7.95. The Bertz CT molecular complexity index is 1830. The number of aryl methyl sites for hydroxylation is 1. The maximum absolute atomic E-state index is 15.4. The van der Waals surface area contributed by atoms with Crippen LogP contribution in [-0.2, 0) is 37.0 Å². The molecule has 4 aliphatic rings. The quantitative estimate of drug-likeness (QED) is 0.211. The first-order chi connectivity index (χ1) is 23.2. The summed E-state index contributed by atoms with van der Waals surface area (Å²) in [6, 6.07) is 2.58. The Kier molecular flexibility index (Phi) is 8.51. The molecule has 1 amide bonds. The number of hydrogen-bond acceptors (Lipinski definition) is 9. The molecule has 2 atom stereocenters. The molecular weight excluding hydrogens is 668 g/mol. The summed E-state index contributed by atoms with van der Waals surface area (Å²) in [6.45, 7) is 7.51. The summed E-state index contributed by atoms with van der Waals surface area (Å²) in [4.78, 5) is 28.1. The molecule has 0 saturated carbocycles.